The van der Waals surface area contributed by atoms with E-state index >= 15 is 0 Å². The number of hydrogen-bond donors (Lipinski definition) is 1. The zero-order valence-corrected chi connectivity index (χ0v) is 10.1. The number of amides is 1. The molecule has 1 aliphatic rings. The van der Waals surface area contributed by atoms with Crippen molar-refractivity contribution in [2.45, 2.75) is 6.42 Å². The van der Waals surface area contributed by atoms with Crippen LogP contribution in [0.5, 0.6) is 0 Å². The van der Waals surface area contributed by atoms with Gasteiger partial charge in [0.1, 0.15) is 0 Å². The number of rotatable bonds is 2. The average Bonchev–Trinajstić information content (AvgIpc) is 2.61. The molecular formula is C10H8Cl2N2O3. The lowest BCUT2D eigenvalue weighted by molar-refractivity contribution is -0.141. The van der Waals surface area contributed by atoms with Crippen molar-refractivity contribution in [1.29, 1.82) is 0 Å². The predicted octanol–water partition coefficient (Wildman–Crippen LogP) is 1.83. The number of hydrogen-bond acceptors (Lipinski definition) is 3. The highest BCUT2D eigenvalue weighted by Gasteiger charge is 2.36. The lowest BCUT2D eigenvalue weighted by Gasteiger charge is -2.16. The van der Waals surface area contributed by atoms with Crippen LogP contribution in [0.15, 0.2) is 12.3 Å². The van der Waals surface area contributed by atoms with Gasteiger partial charge in [-0.1, -0.05) is 23.2 Å². The molecule has 0 saturated carbocycles. The van der Waals surface area contributed by atoms with Gasteiger partial charge in [-0.15, -0.1) is 0 Å². The third kappa shape index (κ3) is 2.35. The van der Waals surface area contributed by atoms with Gasteiger partial charge in [-0.25, -0.2) is 4.98 Å². The first-order valence-electron chi connectivity index (χ1n) is 4.83. The summed E-state index contributed by atoms with van der Waals surface area (Å²) in [6, 6.07) is 1.47. The van der Waals surface area contributed by atoms with E-state index in [-0.39, 0.29) is 29.7 Å². The number of carbonyl (C=O) groups is 2. The normalized spacial score (nSPS) is 19.8. The lowest BCUT2D eigenvalue weighted by Crippen LogP contribution is -2.26. The molecule has 5 nitrogen and oxygen atoms in total. The maximum absolute atomic E-state index is 11.7. The third-order valence-corrected chi connectivity index (χ3v) is 3.00. The van der Waals surface area contributed by atoms with Crippen LogP contribution in [0.1, 0.15) is 6.42 Å². The molecule has 1 N–H and O–H groups in total. The molecule has 1 aliphatic heterocycles. The van der Waals surface area contributed by atoms with Crippen molar-refractivity contribution in [2.75, 3.05) is 11.4 Å². The molecule has 1 unspecified atom stereocenters. The number of halogens is 2. The Morgan fingerprint density at radius 1 is 1.53 bits per heavy atom. The first kappa shape index (κ1) is 12.1. The van der Waals surface area contributed by atoms with E-state index in [1.54, 1.807) is 0 Å². The van der Waals surface area contributed by atoms with Crippen molar-refractivity contribution in [3.05, 3.63) is 22.3 Å². The minimum absolute atomic E-state index is 0.0318. The minimum Gasteiger partial charge on any atom is -0.481 e. The van der Waals surface area contributed by atoms with Crippen LogP contribution < -0.4 is 4.90 Å². The molecule has 1 saturated heterocycles. The monoisotopic (exact) mass is 274 g/mol. The van der Waals surface area contributed by atoms with Gasteiger partial charge in [-0.3, -0.25) is 14.5 Å². The largest absolute Gasteiger partial charge is 0.481 e. The number of pyridine rings is 1. The maximum atomic E-state index is 11.7. The summed E-state index contributed by atoms with van der Waals surface area (Å²) in [4.78, 5) is 27.7. The molecule has 1 aromatic heterocycles. The van der Waals surface area contributed by atoms with Gasteiger partial charge in [0.15, 0.2) is 5.82 Å². The maximum Gasteiger partial charge on any atom is 0.308 e. The number of carboxylic acids is 1. The Hall–Kier alpha value is -1.33. The van der Waals surface area contributed by atoms with Crippen molar-refractivity contribution < 1.29 is 14.7 Å². The van der Waals surface area contributed by atoms with Crippen molar-refractivity contribution in [1.82, 2.24) is 4.98 Å². The Kier molecular flexibility index (Phi) is 3.22. The fourth-order valence-corrected chi connectivity index (χ4v) is 2.17. The Bertz CT molecular complexity index is 492. The van der Waals surface area contributed by atoms with Crippen molar-refractivity contribution in [3.63, 3.8) is 0 Å². The summed E-state index contributed by atoms with van der Waals surface area (Å²) < 4.78 is 0. The van der Waals surface area contributed by atoms with Crippen LogP contribution in [-0.4, -0.2) is 28.5 Å². The van der Waals surface area contributed by atoms with E-state index in [0.29, 0.717) is 5.02 Å². The summed E-state index contributed by atoms with van der Waals surface area (Å²) >= 11 is 11.6. The van der Waals surface area contributed by atoms with Crippen LogP contribution in [-0.2, 0) is 9.59 Å². The number of carboxylic acid groups (broad SMARTS) is 1. The fourth-order valence-electron chi connectivity index (χ4n) is 1.68. The highest BCUT2D eigenvalue weighted by atomic mass is 35.5. The quantitative estimate of drug-likeness (QED) is 0.893. The summed E-state index contributed by atoms with van der Waals surface area (Å²) in [5, 5.41) is 9.45. The molecule has 17 heavy (non-hydrogen) atoms. The van der Waals surface area contributed by atoms with E-state index in [2.05, 4.69) is 4.98 Å². The molecule has 1 aromatic rings. The van der Waals surface area contributed by atoms with Crippen molar-refractivity contribution >= 4 is 40.9 Å². The second-order valence-electron chi connectivity index (χ2n) is 3.70. The molecule has 0 aromatic carbocycles. The molecule has 0 radical (unpaired) electrons. The third-order valence-electron chi connectivity index (χ3n) is 2.52. The first-order chi connectivity index (χ1) is 7.99. The zero-order valence-electron chi connectivity index (χ0n) is 8.56. The van der Waals surface area contributed by atoms with E-state index in [1.165, 1.54) is 17.2 Å². The first-order valence-corrected chi connectivity index (χ1v) is 5.59. The second kappa shape index (κ2) is 4.50. The molecule has 2 rings (SSSR count). The van der Waals surface area contributed by atoms with Crippen LogP contribution in [0, 0.1) is 5.92 Å². The zero-order chi connectivity index (χ0) is 12.6. The molecule has 2 heterocycles. The van der Waals surface area contributed by atoms with Crippen LogP contribution in [0.3, 0.4) is 0 Å². The molecule has 1 amide bonds. The predicted molar refractivity (Wildman–Crippen MR) is 62.4 cm³/mol. The molecule has 0 bridgehead atoms. The number of carbonyl (C=O) groups excluding carboxylic acids is 1. The van der Waals surface area contributed by atoms with E-state index in [0.717, 1.165) is 0 Å². The standard InChI is InChI=1S/C10H8Cl2N2O3/c11-6-2-7(12)9(13-3-6)14-4-5(10(16)17)1-8(14)15/h2-3,5H,1,4H2,(H,16,17). The van der Waals surface area contributed by atoms with Gasteiger partial charge in [0.25, 0.3) is 0 Å². The Morgan fingerprint density at radius 3 is 2.76 bits per heavy atom. The molecule has 90 valence electrons. The Labute approximate surface area is 107 Å². The van der Waals surface area contributed by atoms with Gasteiger partial charge < -0.3 is 5.11 Å². The van der Waals surface area contributed by atoms with Crippen LogP contribution in [0.25, 0.3) is 0 Å². The summed E-state index contributed by atoms with van der Waals surface area (Å²) in [5.74, 6) is -1.75. The highest BCUT2D eigenvalue weighted by molar-refractivity contribution is 6.36. The molecule has 0 aliphatic carbocycles. The van der Waals surface area contributed by atoms with Crippen molar-refractivity contribution in [2.24, 2.45) is 5.92 Å². The van der Waals surface area contributed by atoms with Crippen LogP contribution in [0.2, 0.25) is 10.0 Å². The minimum atomic E-state index is -0.995. The van der Waals surface area contributed by atoms with Crippen molar-refractivity contribution in [3.8, 4) is 0 Å². The SMILES string of the molecule is O=C(O)C1CC(=O)N(c2ncc(Cl)cc2Cl)C1. The van der Waals surface area contributed by atoms with Gasteiger partial charge in [-0.2, -0.15) is 0 Å². The summed E-state index contributed by atoms with van der Waals surface area (Å²) in [6.07, 6.45) is 1.33. The van der Waals surface area contributed by atoms with Gasteiger partial charge in [0.2, 0.25) is 5.91 Å². The topological polar surface area (TPSA) is 70.5 Å². The summed E-state index contributed by atoms with van der Waals surface area (Å²) in [7, 11) is 0. The molecular weight excluding hydrogens is 267 g/mol. The Morgan fingerprint density at radius 2 is 2.24 bits per heavy atom. The Balaban J connectivity index is 2.29. The number of aliphatic carboxylic acids is 1. The number of anilines is 1. The lowest BCUT2D eigenvalue weighted by atomic mass is 10.1. The summed E-state index contributed by atoms with van der Waals surface area (Å²) in [6.45, 7) is 0.0858. The van der Waals surface area contributed by atoms with Gasteiger partial charge in [-0.05, 0) is 6.07 Å². The van der Waals surface area contributed by atoms with E-state index < -0.39 is 11.9 Å². The number of nitrogens with zero attached hydrogens (tertiary/aromatic N) is 2. The highest BCUT2D eigenvalue weighted by Crippen LogP contribution is 2.30. The van der Waals surface area contributed by atoms with E-state index in [4.69, 9.17) is 28.3 Å². The smallest absolute Gasteiger partial charge is 0.308 e. The molecule has 7 heteroatoms. The van der Waals surface area contributed by atoms with Crippen LogP contribution >= 0.6 is 23.2 Å². The summed E-state index contributed by atoms with van der Waals surface area (Å²) in [5.41, 5.74) is 0. The van der Waals surface area contributed by atoms with E-state index in [9.17, 15) is 9.59 Å². The fraction of sp³-hybridized carbons (Fsp3) is 0.300. The molecule has 0 spiro atoms. The van der Waals surface area contributed by atoms with Crippen LogP contribution in [0.4, 0.5) is 5.82 Å². The number of aromatic nitrogens is 1. The van der Waals surface area contributed by atoms with Gasteiger partial charge in [0, 0.05) is 19.2 Å². The molecule has 1 fully saturated rings. The average molecular weight is 275 g/mol. The van der Waals surface area contributed by atoms with E-state index in [1.807, 2.05) is 0 Å². The molecule has 1 atom stereocenters. The van der Waals surface area contributed by atoms with Gasteiger partial charge >= 0.3 is 5.97 Å². The second-order valence-corrected chi connectivity index (χ2v) is 4.55. The van der Waals surface area contributed by atoms with Gasteiger partial charge in [0.05, 0.1) is 16.0 Å².